The first-order valence-corrected chi connectivity index (χ1v) is 7.90. The van der Waals surface area contributed by atoms with Gasteiger partial charge in [0.25, 0.3) is 0 Å². The van der Waals surface area contributed by atoms with Gasteiger partial charge in [0, 0.05) is 30.1 Å². The van der Waals surface area contributed by atoms with E-state index in [1.54, 1.807) is 0 Å². The van der Waals surface area contributed by atoms with Gasteiger partial charge in [0.05, 0.1) is 0 Å². The Hall–Kier alpha value is -1.93. The van der Waals surface area contributed by atoms with Gasteiger partial charge in [-0.1, -0.05) is 54.6 Å². The Kier molecular flexibility index (Phi) is 3.88. The van der Waals surface area contributed by atoms with Crippen molar-refractivity contribution in [2.45, 2.75) is 26.3 Å². The standard InChI is InChI=1S/C20H23NO/c1-20(2,3)21-13-18(14-21)19(22)17-11-9-16(10-12-17)15-7-5-4-6-8-15/h4-12,18H,13-14H2,1-3H3. The van der Waals surface area contributed by atoms with Gasteiger partial charge < -0.3 is 0 Å². The monoisotopic (exact) mass is 293 g/mol. The second-order valence-corrected chi connectivity index (χ2v) is 7.08. The Labute approximate surface area is 132 Å². The number of benzene rings is 2. The highest BCUT2D eigenvalue weighted by Gasteiger charge is 2.38. The van der Waals surface area contributed by atoms with Gasteiger partial charge in [0.15, 0.2) is 5.78 Å². The van der Waals surface area contributed by atoms with Crippen LogP contribution in [0.15, 0.2) is 54.6 Å². The topological polar surface area (TPSA) is 20.3 Å². The number of hydrogen-bond acceptors (Lipinski definition) is 2. The maximum absolute atomic E-state index is 12.5. The molecule has 2 aromatic carbocycles. The average Bonchev–Trinajstić information content (AvgIpc) is 2.45. The third kappa shape index (κ3) is 2.97. The number of ketones is 1. The summed E-state index contributed by atoms with van der Waals surface area (Å²) in [6, 6.07) is 18.3. The lowest BCUT2D eigenvalue weighted by molar-refractivity contribution is 0.0169. The molecule has 114 valence electrons. The molecular weight excluding hydrogens is 270 g/mol. The van der Waals surface area contributed by atoms with E-state index in [0.29, 0.717) is 0 Å². The predicted octanol–water partition coefficient (Wildman–Crippen LogP) is 4.27. The number of likely N-dealkylation sites (tertiary alicyclic amines) is 1. The highest BCUT2D eigenvalue weighted by molar-refractivity contribution is 5.99. The van der Waals surface area contributed by atoms with E-state index in [2.05, 4.69) is 37.8 Å². The van der Waals surface area contributed by atoms with E-state index < -0.39 is 0 Å². The molecule has 22 heavy (non-hydrogen) atoms. The largest absolute Gasteiger partial charge is 0.297 e. The van der Waals surface area contributed by atoms with E-state index in [0.717, 1.165) is 24.2 Å². The normalized spacial score (nSPS) is 16.3. The third-order valence-corrected chi connectivity index (χ3v) is 4.48. The lowest BCUT2D eigenvalue weighted by Crippen LogP contribution is -2.58. The quantitative estimate of drug-likeness (QED) is 0.788. The first kappa shape index (κ1) is 15.0. The number of carbonyl (C=O) groups excluding carboxylic acids is 1. The zero-order chi connectivity index (χ0) is 15.7. The highest BCUT2D eigenvalue weighted by atomic mass is 16.1. The summed E-state index contributed by atoms with van der Waals surface area (Å²) >= 11 is 0. The molecular formula is C20H23NO. The summed E-state index contributed by atoms with van der Waals surface area (Å²) in [6.07, 6.45) is 0. The molecule has 0 amide bonds. The van der Waals surface area contributed by atoms with Crippen molar-refractivity contribution in [1.29, 1.82) is 0 Å². The van der Waals surface area contributed by atoms with E-state index in [9.17, 15) is 4.79 Å². The van der Waals surface area contributed by atoms with E-state index in [1.807, 2.05) is 42.5 Å². The van der Waals surface area contributed by atoms with E-state index in [-0.39, 0.29) is 17.2 Å². The highest BCUT2D eigenvalue weighted by Crippen LogP contribution is 2.28. The van der Waals surface area contributed by atoms with Gasteiger partial charge in [-0.25, -0.2) is 0 Å². The second-order valence-electron chi connectivity index (χ2n) is 7.08. The molecule has 2 heteroatoms. The van der Waals surface area contributed by atoms with Crippen molar-refractivity contribution in [3.8, 4) is 11.1 Å². The number of nitrogens with zero attached hydrogens (tertiary/aromatic N) is 1. The van der Waals surface area contributed by atoms with Crippen LogP contribution in [0.3, 0.4) is 0 Å². The lowest BCUT2D eigenvalue weighted by Gasteiger charge is -2.47. The molecule has 1 saturated heterocycles. The first-order chi connectivity index (χ1) is 10.4. The van der Waals surface area contributed by atoms with Crippen LogP contribution in [-0.4, -0.2) is 29.3 Å². The molecule has 1 heterocycles. The van der Waals surface area contributed by atoms with Crippen LogP contribution < -0.4 is 0 Å². The van der Waals surface area contributed by atoms with Crippen molar-refractivity contribution in [2.24, 2.45) is 5.92 Å². The minimum Gasteiger partial charge on any atom is -0.297 e. The Balaban J connectivity index is 1.68. The molecule has 0 unspecified atom stereocenters. The molecule has 1 aliphatic heterocycles. The van der Waals surface area contributed by atoms with Crippen LogP contribution in [0.4, 0.5) is 0 Å². The van der Waals surface area contributed by atoms with Crippen LogP contribution in [0.25, 0.3) is 11.1 Å². The first-order valence-electron chi connectivity index (χ1n) is 7.90. The molecule has 0 saturated carbocycles. The molecule has 0 atom stereocenters. The smallest absolute Gasteiger partial charge is 0.168 e. The Morgan fingerprint density at radius 3 is 2.00 bits per heavy atom. The molecule has 0 radical (unpaired) electrons. The van der Waals surface area contributed by atoms with Crippen molar-refractivity contribution >= 4 is 5.78 Å². The summed E-state index contributed by atoms with van der Waals surface area (Å²) in [5.74, 6) is 0.432. The number of Topliss-reactive ketones (excluding diaryl/α,β-unsaturated/α-hetero) is 1. The van der Waals surface area contributed by atoms with Gasteiger partial charge in [-0.3, -0.25) is 9.69 Å². The lowest BCUT2D eigenvalue weighted by atomic mass is 9.86. The zero-order valence-electron chi connectivity index (χ0n) is 13.5. The summed E-state index contributed by atoms with van der Waals surface area (Å²) in [5, 5.41) is 0. The predicted molar refractivity (Wildman–Crippen MR) is 91.0 cm³/mol. The van der Waals surface area contributed by atoms with Gasteiger partial charge in [-0.15, -0.1) is 0 Å². The maximum atomic E-state index is 12.5. The summed E-state index contributed by atoms with van der Waals surface area (Å²) in [5.41, 5.74) is 3.33. The van der Waals surface area contributed by atoms with Crippen molar-refractivity contribution in [3.63, 3.8) is 0 Å². The molecule has 1 fully saturated rings. The molecule has 0 N–H and O–H groups in total. The van der Waals surface area contributed by atoms with E-state index in [1.165, 1.54) is 5.56 Å². The minimum atomic E-state index is 0.154. The molecule has 0 spiro atoms. The Morgan fingerprint density at radius 2 is 1.45 bits per heavy atom. The minimum absolute atomic E-state index is 0.154. The molecule has 3 rings (SSSR count). The SMILES string of the molecule is CC(C)(C)N1CC(C(=O)c2ccc(-c3ccccc3)cc2)C1. The molecule has 1 aliphatic rings. The summed E-state index contributed by atoms with van der Waals surface area (Å²) < 4.78 is 0. The van der Waals surface area contributed by atoms with Gasteiger partial charge in [-0.05, 0) is 31.9 Å². The molecule has 0 aromatic heterocycles. The van der Waals surface area contributed by atoms with Crippen molar-refractivity contribution in [3.05, 3.63) is 60.2 Å². The van der Waals surface area contributed by atoms with Crippen molar-refractivity contribution in [2.75, 3.05) is 13.1 Å². The second kappa shape index (κ2) is 5.69. The zero-order valence-corrected chi connectivity index (χ0v) is 13.5. The Bertz CT molecular complexity index is 646. The summed E-state index contributed by atoms with van der Waals surface area (Å²) in [7, 11) is 0. The fraction of sp³-hybridized carbons (Fsp3) is 0.350. The third-order valence-electron chi connectivity index (χ3n) is 4.48. The summed E-state index contributed by atoms with van der Waals surface area (Å²) in [4.78, 5) is 14.9. The van der Waals surface area contributed by atoms with E-state index in [4.69, 9.17) is 0 Å². The van der Waals surface area contributed by atoms with Crippen LogP contribution in [-0.2, 0) is 0 Å². The van der Waals surface area contributed by atoms with Crippen LogP contribution in [0.2, 0.25) is 0 Å². The van der Waals surface area contributed by atoms with Crippen LogP contribution in [0.5, 0.6) is 0 Å². The number of carbonyl (C=O) groups is 1. The number of rotatable bonds is 3. The Morgan fingerprint density at radius 1 is 0.909 bits per heavy atom. The van der Waals surface area contributed by atoms with Gasteiger partial charge in [0.1, 0.15) is 0 Å². The van der Waals surface area contributed by atoms with Crippen molar-refractivity contribution < 1.29 is 4.79 Å². The van der Waals surface area contributed by atoms with Gasteiger partial charge >= 0.3 is 0 Å². The van der Waals surface area contributed by atoms with Gasteiger partial charge in [-0.2, -0.15) is 0 Å². The molecule has 2 nitrogen and oxygen atoms in total. The molecule has 0 aliphatic carbocycles. The fourth-order valence-corrected chi connectivity index (χ4v) is 2.89. The van der Waals surface area contributed by atoms with Gasteiger partial charge in [0.2, 0.25) is 0 Å². The van der Waals surface area contributed by atoms with Crippen LogP contribution >= 0.6 is 0 Å². The van der Waals surface area contributed by atoms with Crippen LogP contribution in [0.1, 0.15) is 31.1 Å². The van der Waals surface area contributed by atoms with Crippen LogP contribution in [0, 0.1) is 5.92 Å². The molecule has 2 aromatic rings. The molecule has 0 bridgehead atoms. The fourth-order valence-electron chi connectivity index (χ4n) is 2.89. The number of hydrogen-bond donors (Lipinski definition) is 0. The maximum Gasteiger partial charge on any atom is 0.168 e. The van der Waals surface area contributed by atoms with E-state index >= 15 is 0 Å². The van der Waals surface area contributed by atoms with Crippen molar-refractivity contribution in [1.82, 2.24) is 4.90 Å². The average molecular weight is 293 g/mol. The summed E-state index contributed by atoms with van der Waals surface area (Å²) in [6.45, 7) is 8.35.